The average Bonchev–Trinajstić information content (AvgIpc) is 2.28. The van der Waals surface area contributed by atoms with Gasteiger partial charge >= 0.3 is 0 Å². The summed E-state index contributed by atoms with van der Waals surface area (Å²) in [7, 11) is 0. The molecule has 1 aliphatic heterocycles. The molecule has 2 rings (SSSR count). The van der Waals surface area contributed by atoms with Gasteiger partial charge in [-0.15, -0.1) is 0 Å². The summed E-state index contributed by atoms with van der Waals surface area (Å²) in [6, 6.07) is 7.42. The highest BCUT2D eigenvalue weighted by Crippen LogP contribution is 2.47. The lowest BCUT2D eigenvalue weighted by Gasteiger charge is -2.45. The zero-order valence-electron chi connectivity index (χ0n) is 14.1. The highest BCUT2D eigenvalue weighted by Gasteiger charge is 2.39. The van der Waals surface area contributed by atoms with Crippen LogP contribution in [-0.4, -0.2) is 6.04 Å². The maximum atomic E-state index is 3.81. The molecule has 1 aliphatic rings. The fourth-order valence-corrected chi connectivity index (χ4v) is 4.13. The first-order valence-electron chi connectivity index (χ1n) is 8.12. The van der Waals surface area contributed by atoms with Gasteiger partial charge in [0.2, 0.25) is 0 Å². The quantitative estimate of drug-likeness (QED) is 0.747. The van der Waals surface area contributed by atoms with Gasteiger partial charge in [0.05, 0.1) is 0 Å². The van der Waals surface area contributed by atoms with Crippen LogP contribution in [0.25, 0.3) is 0 Å². The Hall–Kier alpha value is -0.980. The van der Waals surface area contributed by atoms with Gasteiger partial charge in [0.1, 0.15) is 0 Å². The maximum Gasteiger partial charge on any atom is 0.0410 e. The van der Waals surface area contributed by atoms with Crippen LogP contribution in [0.4, 0.5) is 5.69 Å². The SMILES string of the molecule is CCCC1CC(C)(CC(C)(C)C)c2cccc(C)c2N1. The minimum atomic E-state index is 0.296. The zero-order chi connectivity index (χ0) is 15.0. The van der Waals surface area contributed by atoms with Gasteiger partial charge in [-0.25, -0.2) is 0 Å². The summed E-state index contributed by atoms with van der Waals surface area (Å²) in [5.74, 6) is 0. The van der Waals surface area contributed by atoms with Crippen molar-refractivity contribution in [2.75, 3.05) is 5.32 Å². The molecule has 1 heterocycles. The van der Waals surface area contributed by atoms with E-state index in [-0.39, 0.29) is 0 Å². The minimum Gasteiger partial charge on any atom is -0.382 e. The van der Waals surface area contributed by atoms with Crippen molar-refractivity contribution in [1.82, 2.24) is 0 Å². The van der Waals surface area contributed by atoms with Crippen molar-refractivity contribution in [3.05, 3.63) is 29.3 Å². The molecule has 0 radical (unpaired) electrons. The number of benzene rings is 1. The molecule has 1 N–H and O–H groups in total. The van der Waals surface area contributed by atoms with Crippen molar-refractivity contribution >= 4 is 5.69 Å². The summed E-state index contributed by atoms with van der Waals surface area (Å²) in [4.78, 5) is 0. The molecule has 0 aliphatic carbocycles. The van der Waals surface area contributed by atoms with Gasteiger partial charge < -0.3 is 5.32 Å². The van der Waals surface area contributed by atoms with E-state index in [2.05, 4.69) is 65.1 Å². The molecule has 20 heavy (non-hydrogen) atoms. The second kappa shape index (κ2) is 5.42. The Bertz CT molecular complexity index is 469. The fourth-order valence-electron chi connectivity index (χ4n) is 4.13. The van der Waals surface area contributed by atoms with E-state index in [0.29, 0.717) is 16.9 Å². The van der Waals surface area contributed by atoms with Crippen molar-refractivity contribution in [1.29, 1.82) is 0 Å². The standard InChI is InChI=1S/C19H31N/c1-7-9-15-12-19(6,13-18(3,4)5)16-11-8-10-14(2)17(16)20-15/h8,10-11,15,20H,7,9,12-13H2,1-6H3. The highest BCUT2D eigenvalue weighted by molar-refractivity contribution is 5.62. The van der Waals surface area contributed by atoms with E-state index in [1.54, 1.807) is 0 Å². The van der Waals surface area contributed by atoms with Gasteiger partial charge in [-0.05, 0) is 48.1 Å². The van der Waals surface area contributed by atoms with E-state index in [1.807, 2.05) is 0 Å². The Morgan fingerprint density at radius 3 is 2.60 bits per heavy atom. The predicted octanol–water partition coefficient (Wildman–Crippen LogP) is 5.67. The predicted molar refractivity (Wildman–Crippen MR) is 89.5 cm³/mol. The number of hydrogen-bond donors (Lipinski definition) is 1. The van der Waals surface area contributed by atoms with Gasteiger partial charge in [-0.1, -0.05) is 59.2 Å². The van der Waals surface area contributed by atoms with Crippen molar-refractivity contribution in [3.8, 4) is 0 Å². The van der Waals surface area contributed by atoms with Crippen LogP contribution in [0.1, 0.15) is 71.4 Å². The molecule has 2 unspecified atom stereocenters. The normalized spacial score (nSPS) is 26.0. The van der Waals surface area contributed by atoms with Gasteiger partial charge in [0.25, 0.3) is 0 Å². The molecular weight excluding hydrogens is 242 g/mol. The third kappa shape index (κ3) is 3.19. The third-order valence-electron chi connectivity index (χ3n) is 4.53. The largest absolute Gasteiger partial charge is 0.382 e. The van der Waals surface area contributed by atoms with E-state index in [4.69, 9.17) is 0 Å². The molecule has 0 saturated carbocycles. The van der Waals surface area contributed by atoms with Crippen LogP contribution < -0.4 is 5.32 Å². The van der Waals surface area contributed by atoms with Crippen LogP contribution in [0.5, 0.6) is 0 Å². The Balaban J connectivity index is 2.43. The molecule has 1 heteroatoms. The molecule has 0 spiro atoms. The van der Waals surface area contributed by atoms with Gasteiger partial charge in [0.15, 0.2) is 0 Å². The number of hydrogen-bond acceptors (Lipinski definition) is 1. The maximum absolute atomic E-state index is 3.81. The molecule has 0 saturated heterocycles. The molecule has 0 bridgehead atoms. The van der Waals surface area contributed by atoms with Gasteiger partial charge in [-0.2, -0.15) is 0 Å². The van der Waals surface area contributed by atoms with E-state index >= 15 is 0 Å². The molecule has 112 valence electrons. The lowest BCUT2D eigenvalue weighted by Crippen LogP contribution is -2.40. The highest BCUT2D eigenvalue weighted by atomic mass is 14.9. The summed E-state index contributed by atoms with van der Waals surface area (Å²) >= 11 is 0. The fraction of sp³-hybridized carbons (Fsp3) is 0.684. The Morgan fingerprint density at radius 1 is 1.30 bits per heavy atom. The third-order valence-corrected chi connectivity index (χ3v) is 4.53. The lowest BCUT2D eigenvalue weighted by molar-refractivity contribution is 0.238. The van der Waals surface area contributed by atoms with Crippen LogP contribution in [0.2, 0.25) is 0 Å². The van der Waals surface area contributed by atoms with Crippen LogP contribution in [-0.2, 0) is 5.41 Å². The molecule has 0 amide bonds. The smallest absolute Gasteiger partial charge is 0.0410 e. The molecule has 1 nitrogen and oxygen atoms in total. The molecule has 1 aromatic carbocycles. The number of para-hydroxylation sites is 1. The first kappa shape index (κ1) is 15.4. The van der Waals surface area contributed by atoms with E-state index in [1.165, 1.54) is 42.5 Å². The first-order valence-corrected chi connectivity index (χ1v) is 8.12. The van der Waals surface area contributed by atoms with E-state index in [9.17, 15) is 0 Å². The lowest BCUT2D eigenvalue weighted by atomic mass is 9.65. The average molecular weight is 273 g/mol. The molecule has 0 fully saturated rings. The Morgan fingerprint density at radius 2 is 2.00 bits per heavy atom. The van der Waals surface area contributed by atoms with Crippen LogP contribution in [0, 0.1) is 12.3 Å². The molecule has 1 aromatic rings. The molecular formula is C19H31N. The molecule has 2 atom stereocenters. The van der Waals surface area contributed by atoms with Crippen LogP contribution in [0.3, 0.4) is 0 Å². The molecule has 0 aromatic heterocycles. The van der Waals surface area contributed by atoms with Crippen LogP contribution in [0.15, 0.2) is 18.2 Å². The second-order valence-corrected chi connectivity index (χ2v) is 8.13. The van der Waals surface area contributed by atoms with E-state index in [0.717, 1.165) is 0 Å². The monoisotopic (exact) mass is 273 g/mol. The van der Waals surface area contributed by atoms with Crippen molar-refractivity contribution in [2.45, 2.75) is 78.7 Å². The number of anilines is 1. The number of nitrogens with one attached hydrogen (secondary N) is 1. The topological polar surface area (TPSA) is 12.0 Å². The second-order valence-electron chi connectivity index (χ2n) is 8.13. The summed E-state index contributed by atoms with van der Waals surface area (Å²) in [6.45, 7) is 14.1. The van der Waals surface area contributed by atoms with Crippen molar-refractivity contribution in [2.24, 2.45) is 5.41 Å². The van der Waals surface area contributed by atoms with Crippen molar-refractivity contribution in [3.63, 3.8) is 0 Å². The number of aryl methyl sites for hydroxylation is 1. The zero-order valence-corrected chi connectivity index (χ0v) is 14.1. The van der Waals surface area contributed by atoms with E-state index < -0.39 is 0 Å². The minimum absolute atomic E-state index is 0.296. The first-order chi connectivity index (χ1) is 9.25. The van der Waals surface area contributed by atoms with Gasteiger partial charge in [0, 0.05) is 11.7 Å². The summed E-state index contributed by atoms with van der Waals surface area (Å²) in [6.07, 6.45) is 5.03. The summed E-state index contributed by atoms with van der Waals surface area (Å²) < 4.78 is 0. The number of rotatable bonds is 3. The Labute approximate surface area is 125 Å². The Kier molecular flexibility index (Phi) is 4.18. The van der Waals surface area contributed by atoms with Crippen LogP contribution >= 0.6 is 0 Å². The van der Waals surface area contributed by atoms with Gasteiger partial charge in [-0.3, -0.25) is 0 Å². The summed E-state index contributed by atoms with van der Waals surface area (Å²) in [5, 5.41) is 3.81. The number of fused-ring (bicyclic) bond motifs is 1. The summed E-state index contributed by atoms with van der Waals surface area (Å²) in [5.41, 5.74) is 4.99. The van der Waals surface area contributed by atoms with Crippen molar-refractivity contribution < 1.29 is 0 Å².